The molecule has 150 valence electrons. The zero-order chi connectivity index (χ0) is 20.2. The minimum absolute atomic E-state index is 0.462. The van der Waals surface area contributed by atoms with Gasteiger partial charge < -0.3 is 19.6 Å². The first-order valence-corrected chi connectivity index (χ1v) is 10.0. The monoisotopic (exact) mass is 390 g/mol. The van der Waals surface area contributed by atoms with Gasteiger partial charge in [-0.25, -0.2) is 0 Å². The fourth-order valence-corrected chi connectivity index (χ4v) is 3.50. The third-order valence-electron chi connectivity index (χ3n) is 5.07. The molecule has 2 heterocycles. The highest BCUT2D eigenvalue weighted by Crippen LogP contribution is 2.32. The molecule has 0 radical (unpaired) electrons. The zero-order valence-electron chi connectivity index (χ0n) is 16.8. The van der Waals surface area contributed by atoms with E-state index in [-0.39, 0.29) is 0 Å². The molecule has 0 saturated heterocycles. The first-order valence-electron chi connectivity index (χ1n) is 10.0. The fraction of sp³-hybridized carbons (Fsp3) is 0.292. The van der Waals surface area contributed by atoms with Crippen LogP contribution in [0.4, 0.5) is 0 Å². The third kappa shape index (κ3) is 4.20. The Kier molecular flexibility index (Phi) is 5.67. The molecule has 5 heteroatoms. The molecule has 1 aliphatic rings. The molecule has 3 aromatic rings. The van der Waals surface area contributed by atoms with Gasteiger partial charge in [0.15, 0.2) is 11.5 Å². The molecular weight excluding hydrogens is 364 g/mol. The summed E-state index contributed by atoms with van der Waals surface area (Å²) in [6.07, 6.45) is 4.09. The van der Waals surface area contributed by atoms with E-state index in [1.54, 1.807) is 0 Å². The average Bonchev–Trinajstić information content (AvgIpc) is 3.18. The average molecular weight is 390 g/mol. The predicted molar refractivity (Wildman–Crippen MR) is 113 cm³/mol. The van der Waals surface area contributed by atoms with Crippen molar-refractivity contribution >= 4 is 6.08 Å². The maximum atomic E-state index is 11.0. The van der Waals surface area contributed by atoms with Gasteiger partial charge in [0.25, 0.3) is 0 Å². The normalized spacial score (nSPS) is 13.8. The van der Waals surface area contributed by atoms with E-state index in [4.69, 9.17) is 9.47 Å². The number of aromatic amines is 1. The van der Waals surface area contributed by atoms with Crippen LogP contribution in [-0.4, -0.2) is 23.2 Å². The number of aliphatic hydroxyl groups excluding tert-OH is 1. The SMILES string of the molecule is CCOc1cc(C(O)c2c[nH]c3c2=CCCN=3)ccc1OCc1ccc(C)cc1. The number of aryl methyl sites for hydroxylation is 1. The summed E-state index contributed by atoms with van der Waals surface area (Å²) in [5.41, 5.74) is 4.75. The summed E-state index contributed by atoms with van der Waals surface area (Å²) < 4.78 is 11.8. The standard InChI is InChI=1S/C24H26N2O3/c1-3-28-22-13-18(23(27)20-14-26-24-19(20)5-4-12-25-24)10-11-21(22)29-15-17-8-6-16(2)7-9-17/h5-11,13-14,23,27H,3-4,12,15H2,1-2H3,(H,25,26). The number of hydrogen-bond acceptors (Lipinski definition) is 4. The van der Waals surface area contributed by atoms with Crippen LogP contribution in [0.2, 0.25) is 0 Å². The summed E-state index contributed by atoms with van der Waals surface area (Å²) in [6.45, 7) is 5.77. The van der Waals surface area contributed by atoms with Gasteiger partial charge in [0, 0.05) is 23.5 Å². The Balaban J connectivity index is 1.58. The minimum Gasteiger partial charge on any atom is -0.490 e. The summed E-state index contributed by atoms with van der Waals surface area (Å²) >= 11 is 0. The summed E-state index contributed by atoms with van der Waals surface area (Å²) in [5, 5.41) is 12.0. The van der Waals surface area contributed by atoms with Crippen LogP contribution in [0.3, 0.4) is 0 Å². The zero-order valence-corrected chi connectivity index (χ0v) is 16.8. The lowest BCUT2D eigenvalue weighted by Crippen LogP contribution is -2.29. The number of benzene rings is 2. The molecule has 4 rings (SSSR count). The Labute approximate surface area is 170 Å². The van der Waals surface area contributed by atoms with Crippen molar-refractivity contribution in [1.29, 1.82) is 0 Å². The van der Waals surface area contributed by atoms with E-state index < -0.39 is 6.10 Å². The van der Waals surface area contributed by atoms with E-state index in [1.165, 1.54) is 5.56 Å². The highest BCUT2D eigenvalue weighted by Gasteiger charge is 2.17. The second kappa shape index (κ2) is 8.53. The second-order valence-corrected chi connectivity index (χ2v) is 7.20. The van der Waals surface area contributed by atoms with Crippen LogP contribution in [0.25, 0.3) is 6.08 Å². The highest BCUT2D eigenvalue weighted by atomic mass is 16.5. The van der Waals surface area contributed by atoms with Crippen LogP contribution in [0.15, 0.2) is 53.7 Å². The number of nitrogens with zero attached hydrogens (tertiary/aromatic N) is 1. The Bertz CT molecular complexity index is 1100. The minimum atomic E-state index is -0.759. The molecule has 1 aliphatic heterocycles. The maximum absolute atomic E-state index is 11.0. The Morgan fingerprint density at radius 2 is 1.93 bits per heavy atom. The van der Waals surface area contributed by atoms with Crippen LogP contribution in [0.1, 0.15) is 41.7 Å². The van der Waals surface area contributed by atoms with Crippen molar-refractivity contribution in [3.05, 3.63) is 81.6 Å². The molecule has 29 heavy (non-hydrogen) atoms. The number of aliphatic hydroxyl groups is 1. The lowest BCUT2D eigenvalue weighted by atomic mass is 10.0. The number of hydrogen-bond donors (Lipinski definition) is 2. The molecule has 0 spiro atoms. The fourth-order valence-electron chi connectivity index (χ4n) is 3.50. The van der Waals surface area contributed by atoms with Crippen molar-refractivity contribution in [2.45, 2.75) is 33.0 Å². The smallest absolute Gasteiger partial charge is 0.161 e. The summed E-state index contributed by atoms with van der Waals surface area (Å²) in [7, 11) is 0. The Morgan fingerprint density at radius 3 is 2.72 bits per heavy atom. The summed E-state index contributed by atoms with van der Waals surface area (Å²) in [5.74, 6) is 1.30. The number of ether oxygens (including phenoxy) is 2. The second-order valence-electron chi connectivity index (χ2n) is 7.20. The van der Waals surface area contributed by atoms with E-state index in [0.717, 1.165) is 40.4 Å². The van der Waals surface area contributed by atoms with Crippen molar-refractivity contribution in [3.63, 3.8) is 0 Å². The quantitative estimate of drug-likeness (QED) is 0.651. The molecule has 5 nitrogen and oxygen atoms in total. The van der Waals surface area contributed by atoms with Crippen molar-refractivity contribution in [3.8, 4) is 11.5 Å². The predicted octanol–water partition coefficient (Wildman–Crippen LogP) is 3.19. The molecule has 0 bridgehead atoms. The van der Waals surface area contributed by atoms with Gasteiger partial charge in [0.2, 0.25) is 0 Å². The highest BCUT2D eigenvalue weighted by molar-refractivity contribution is 5.46. The molecule has 2 aromatic carbocycles. The largest absolute Gasteiger partial charge is 0.490 e. The number of fused-ring (bicyclic) bond motifs is 1. The molecule has 0 amide bonds. The number of H-pyrrole nitrogens is 1. The van der Waals surface area contributed by atoms with Crippen molar-refractivity contribution < 1.29 is 14.6 Å². The topological polar surface area (TPSA) is 66.8 Å². The van der Waals surface area contributed by atoms with Crippen LogP contribution in [0, 0.1) is 6.92 Å². The van der Waals surface area contributed by atoms with E-state index in [2.05, 4.69) is 47.2 Å². The van der Waals surface area contributed by atoms with Gasteiger partial charge in [0.1, 0.15) is 18.2 Å². The van der Waals surface area contributed by atoms with E-state index in [0.29, 0.717) is 24.7 Å². The van der Waals surface area contributed by atoms with E-state index in [9.17, 15) is 5.11 Å². The van der Waals surface area contributed by atoms with Crippen molar-refractivity contribution in [1.82, 2.24) is 4.98 Å². The lowest BCUT2D eigenvalue weighted by molar-refractivity contribution is 0.217. The first kappa shape index (κ1) is 19.3. The molecule has 0 aliphatic carbocycles. The van der Waals surface area contributed by atoms with Crippen molar-refractivity contribution in [2.75, 3.05) is 13.2 Å². The van der Waals surface area contributed by atoms with E-state index in [1.807, 2.05) is 31.3 Å². The maximum Gasteiger partial charge on any atom is 0.161 e. The summed E-state index contributed by atoms with van der Waals surface area (Å²) in [4.78, 5) is 7.62. The van der Waals surface area contributed by atoms with E-state index >= 15 is 0 Å². The van der Waals surface area contributed by atoms with Gasteiger partial charge in [-0.15, -0.1) is 0 Å². The van der Waals surface area contributed by atoms with Crippen LogP contribution < -0.4 is 20.2 Å². The van der Waals surface area contributed by atoms with Crippen molar-refractivity contribution in [2.24, 2.45) is 4.99 Å². The van der Waals surface area contributed by atoms with Gasteiger partial charge in [-0.05, 0) is 43.5 Å². The molecule has 0 saturated carbocycles. The van der Waals surface area contributed by atoms with Gasteiger partial charge in [-0.3, -0.25) is 4.99 Å². The van der Waals surface area contributed by atoms with Gasteiger partial charge >= 0.3 is 0 Å². The Morgan fingerprint density at radius 1 is 1.10 bits per heavy atom. The molecule has 0 fully saturated rings. The molecule has 1 aromatic heterocycles. The summed E-state index contributed by atoms with van der Waals surface area (Å²) in [6, 6.07) is 13.9. The number of nitrogens with one attached hydrogen (secondary N) is 1. The van der Waals surface area contributed by atoms with Crippen LogP contribution >= 0.6 is 0 Å². The third-order valence-corrected chi connectivity index (χ3v) is 5.07. The Hall–Kier alpha value is -3.05. The van der Waals surface area contributed by atoms with Gasteiger partial charge in [-0.1, -0.05) is 42.0 Å². The van der Waals surface area contributed by atoms with Gasteiger partial charge in [0.05, 0.1) is 6.61 Å². The molecule has 2 N–H and O–H groups in total. The lowest BCUT2D eigenvalue weighted by Gasteiger charge is -2.16. The molecule has 1 unspecified atom stereocenters. The first-order chi connectivity index (χ1) is 14.2. The molecular formula is C24H26N2O3. The van der Waals surface area contributed by atoms with Gasteiger partial charge in [-0.2, -0.15) is 0 Å². The van der Waals surface area contributed by atoms with Crippen LogP contribution in [0.5, 0.6) is 11.5 Å². The molecule has 1 atom stereocenters. The van der Waals surface area contributed by atoms with Crippen LogP contribution in [-0.2, 0) is 6.61 Å². The number of aromatic nitrogens is 1. The number of rotatable bonds is 7.